The molecule has 49 heavy (non-hydrogen) atoms. The Morgan fingerprint density at radius 2 is 1.22 bits per heavy atom. The van der Waals surface area contributed by atoms with Gasteiger partial charge in [0.05, 0.1) is 22.5 Å². The van der Waals surface area contributed by atoms with Crippen LogP contribution in [0.25, 0.3) is 39.3 Å². The maximum Gasteiger partial charge on any atom is 0.137 e. The van der Waals surface area contributed by atoms with Gasteiger partial charge in [-0.3, -0.25) is 4.98 Å². The number of benzene rings is 4. The average Bonchev–Trinajstić information content (AvgIpc) is 3.65. The van der Waals surface area contributed by atoms with Crippen molar-refractivity contribution in [1.82, 2.24) is 14.4 Å². The minimum Gasteiger partial charge on any atom is -0.507 e. The Balaban J connectivity index is 1.49. The Morgan fingerprint density at radius 1 is 0.571 bits per heavy atom. The lowest BCUT2D eigenvalue weighted by Gasteiger charge is -2.35. The summed E-state index contributed by atoms with van der Waals surface area (Å²) >= 11 is 0. The van der Waals surface area contributed by atoms with E-state index in [1.54, 1.807) is 6.07 Å². The second-order valence-corrected chi connectivity index (χ2v) is 15.4. The zero-order chi connectivity index (χ0) is 34.1. The molecule has 0 amide bonds. The molecule has 0 saturated carbocycles. The third-order valence-corrected chi connectivity index (χ3v) is 10.1. The molecule has 242 valence electrons. The molecule has 4 nitrogen and oxygen atoms in total. The number of aromatic nitrogens is 3. The SMILES string of the molecule is CC(C)(C)c1ccc2c(c1)C(c1cccc(-c3cn4ccccc4n3)c1)(c1cccc(-c3ccccc3O)n1)c1cc(C(C)(C)C)ccc1-2. The number of rotatable bonds is 4. The molecule has 0 unspecified atom stereocenters. The highest BCUT2D eigenvalue weighted by Gasteiger charge is 2.48. The van der Waals surface area contributed by atoms with Crippen LogP contribution >= 0.6 is 0 Å². The van der Waals surface area contributed by atoms with Crippen LogP contribution in [0.15, 0.2) is 134 Å². The minimum absolute atomic E-state index is 0.0599. The van der Waals surface area contributed by atoms with Crippen LogP contribution in [-0.2, 0) is 16.2 Å². The van der Waals surface area contributed by atoms with Crippen molar-refractivity contribution in [1.29, 1.82) is 0 Å². The highest BCUT2D eigenvalue weighted by molar-refractivity contribution is 5.87. The van der Waals surface area contributed by atoms with Gasteiger partial charge < -0.3 is 9.51 Å². The Labute approximate surface area is 288 Å². The lowest BCUT2D eigenvalue weighted by atomic mass is 9.67. The molecule has 3 aromatic heterocycles. The molecule has 7 aromatic rings. The number of pyridine rings is 2. The third-order valence-electron chi connectivity index (χ3n) is 10.1. The molecule has 0 radical (unpaired) electrons. The molecule has 1 aliphatic rings. The van der Waals surface area contributed by atoms with Gasteiger partial charge in [-0.05, 0) is 92.2 Å². The number of fused-ring (bicyclic) bond motifs is 4. The van der Waals surface area contributed by atoms with Crippen molar-refractivity contribution in [2.45, 2.75) is 57.8 Å². The van der Waals surface area contributed by atoms with Crippen LogP contribution in [0.2, 0.25) is 0 Å². The summed E-state index contributed by atoms with van der Waals surface area (Å²) < 4.78 is 2.07. The maximum atomic E-state index is 10.9. The second-order valence-electron chi connectivity index (χ2n) is 15.4. The molecular weight excluding hydrogens is 599 g/mol. The zero-order valence-corrected chi connectivity index (χ0v) is 29.0. The largest absolute Gasteiger partial charge is 0.507 e. The van der Waals surface area contributed by atoms with E-state index in [1.807, 2.05) is 48.7 Å². The molecule has 0 atom stereocenters. The fourth-order valence-corrected chi connectivity index (χ4v) is 7.46. The Morgan fingerprint density at radius 3 is 1.88 bits per heavy atom. The number of hydrogen-bond acceptors (Lipinski definition) is 3. The molecule has 0 spiro atoms. The van der Waals surface area contributed by atoms with Crippen molar-refractivity contribution >= 4 is 5.65 Å². The van der Waals surface area contributed by atoms with Gasteiger partial charge in [0.15, 0.2) is 0 Å². The molecule has 8 rings (SSSR count). The van der Waals surface area contributed by atoms with Gasteiger partial charge >= 0.3 is 0 Å². The van der Waals surface area contributed by atoms with E-state index in [9.17, 15) is 5.11 Å². The summed E-state index contributed by atoms with van der Waals surface area (Å²) in [5.74, 6) is 0.215. The second kappa shape index (κ2) is 11.0. The van der Waals surface area contributed by atoms with Crippen LogP contribution in [0, 0.1) is 0 Å². The molecule has 1 N–H and O–H groups in total. The highest BCUT2D eigenvalue weighted by Crippen LogP contribution is 2.57. The number of aromatic hydroxyl groups is 1. The normalized spacial score (nSPS) is 13.8. The first kappa shape index (κ1) is 30.8. The van der Waals surface area contributed by atoms with Gasteiger partial charge in [-0.1, -0.05) is 120 Å². The fourth-order valence-electron chi connectivity index (χ4n) is 7.46. The van der Waals surface area contributed by atoms with Gasteiger partial charge in [0.1, 0.15) is 11.4 Å². The number of imidazole rings is 1. The molecule has 0 aliphatic heterocycles. The van der Waals surface area contributed by atoms with E-state index in [0.717, 1.165) is 33.9 Å². The average molecular weight is 640 g/mol. The number of phenols is 1. The van der Waals surface area contributed by atoms with E-state index < -0.39 is 5.41 Å². The highest BCUT2D eigenvalue weighted by atomic mass is 16.3. The van der Waals surface area contributed by atoms with E-state index in [4.69, 9.17) is 9.97 Å². The molecule has 1 aliphatic carbocycles. The first-order valence-corrected chi connectivity index (χ1v) is 17.1. The molecular formula is C45H41N3O. The van der Waals surface area contributed by atoms with E-state index in [0.29, 0.717) is 5.56 Å². The molecule has 4 aromatic carbocycles. The molecule has 3 heterocycles. The van der Waals surface area contributed by atoms with Crippen molar-refractivity contribution in [3.63, 3.8) is 0 Å². The van der Waals surface area contributed by atoms with E-state index in [1.165, 1.54) is 33.4 Å². The summed E-state index contributed by atoms with van der Waals surface area (Å²) in [4.78, 5) is 10.5. The summed E-state index contributed by atoms with van der Waals surface area (Å²) in [6, 6.07) is 42.7. The lowest BCUT2D eigenvalue weighted by Crippen LogP contribution is -2.31. The van der Waals surface area contributed by atoms with Gasteiger partial charge in [0.25, 0.3) is 0 Å². The summed E-state index contributed by atoms with van der Waals surface area (Å²) in [6.45, 7) is 13.7. The van der Waals surface area contributed by atoms with E-state index >= 15 is 0 Å². The minimum atomic E-state index is -0.747. The van der Waals surface area contributed by atoms with Gasteiger partial charge in [0.2, 0.25) is 0 Å². The van der Waals surface area contributed by atoms with Crippen molar-refractivity contribution in [3.8, 4) is 39.4 Å². The summed E-state index contributed by atoms with van der Waals surface area (Å²) in [6.07, 6.45) is 4.14. The van der Waals surface area contributed by atoms with Crippen molar-refractivity contribution in [3.05, 3.63) is 167 Å². The molecule has 0 saturated heterocycles. The van der Waals surface area contributed by atoms with Gasteiger partial charge in [-0.25, -0.2) is 4.98 Å². The summed E-state index contributed by atoms with van der Waals surface area (Å²) in [7, 11) is 0. The van der Waals surface area contributed by atoms with Crippen molar-refractivity contribution < 1.29 is 5.11 Å². The van der Waals surface area contributed by atoms with Crippen LogP contribution in [0.5, 0.6) is 5.75 Å². The monoisotopic (exact) mass is 639 g/mol. The first-order valence-electron chi connectivity index (χ1n) is 17.1. The number of para-hydroxylation sites is 1. The zero-order valence-electron chi connectivity index (χ0n) is 29.0. The predicted octanol–water partition coefficient (Wildman–Crippen LogP) is 10.7. The van der Waals surface area contributed by atoms with Crippen molar-refractivity contribution in [2.75, 3.05) is 0 Å². The van der Waals surface area contributed by atoms with Gasteiger partial charge in [-0.2, -0.15) is 0 Å². The van der Waals surface area contributed by atoms with Crippen LogP contribution in [0.3, 0.4) is 0 Å². The molecule has 4 heteroatoms. The van der Waals surface area contributed by atoms with Crippen LogP contribution in [-0.4, -0.2) is 19.5 Å². The lowest BCUT2D eigenvalue weighted by molar-refractivity contribution is 0.477. The van der Waals surface area contributed by atoms with Crippen LogP contribution in [0.4, 0.5) is 0 Å². The Kier molecular flexibility index (Phi) is 6.94. The van der Waals surface area contributed by atoms with E-state index in [2.05, 4.69) is 125 Å². The fraction of sp³-hybridized carbons (Fsp3) is 0.200. The number of hydrogen-bond donors (Lipinski definition) is 1. The number of nitrogens with zero attached hydrogens (tertiary/aromatic N) is 3. The molecule has 0 bridgehead atoms. The Hall–Kier alpha value is -5.48. The van der Waals surface area contributed by atoms with Crippen molar-refractivity contribution in [2.24, 2.45) is 0 Å². The Bertz CT molecular complexity index is 2290. The van der Waals surface area contributed by atoms with E-state index in [-0.39, 0.29) is 16.6 Å². The number of phenolic OH excluding ortho intramolecular Hbond substituents is 1. The first-order chi connectivity index (χ1) is 23.4. The summed E-state index contributed by atoms with van der Waals surface area (Å²) in [5, 5.41) is 10.9. The van der Waals surface area contributed by atoms with Gasteiger partial charge in [0, 0.05) is 23.5 Å². The quantitative estimate of drug-likeness (QED) is 0.208. The topological polar surface area (TPSA) is 50.4 Å². The molecule has 0 fully saturated rings. The van der Waals surface area contributed by atoms with Gasteiger partial charge in [-0.15, -0.1) is 0 Å². The third kappa shape index (κ3) is 4.97. The summed E-state index contributed by atoms with van der Waals surface area (Å²) in [5.41, 5.74) is 12.9. The maximum absolute atomic E-state index is 10.9. The predicted molar refractivity (Wildman–Crippen MR) is 200 cm³/mol. The van der Waals surface area contributed by atoms with Crippen LogP contribution < -0.4 is 0 Å². The standard InChI is InChI=1S/C45H41N3O/c1-43(2,3)30-20-22-33-34-23-21-31(44(4,5)6)27-37(34)45(36(33)26-30,41-18-12-16-38(46-41)35-15-7-8-17-40(35)49)32-14-11-13-29(25-32)39-28-48-24-10-9-19-42(48)47-39/h7-28,49H,1-6H3. The van der Waals surface area contributed by atoms with Crippen LogP contribution in [0.1, 0.15) is 75.1 Å². The smallest absolute Gasteiger partial charge is 0.137 e.